The fourth-order valence-electron chi connectivity index (χ4n) is 1.86. The van der Waals surface area contributed by atoms with E-state index >= 15 is 0 Å². The summed E-state index contributed by atoms with van der Waals surface area (Å²) < 4.78 is 1.26. The van der Waals surface area contributed by atoms with E-state index in [9.17, 15) is 0 Å². The molecular weight excluding hydrogens is 357 g/mol. The normalized spacial score (nSPS) is 12.2. The molecule has 3 heteroatoms. The number of hydrogen-bond acceptors (Lipinski definition) is 1. The van der Waals surface area contributed by atoms with Gasteiger partial charge in [0.1, 0.15) is 0 Å². The summed E-state index contributed by atoms with van der Waals surface area (Å²) in [5.41, 5.74) is 3.68. The molecule has 0 bridgehead atoms. The number of anilines is 1. The second kappa shape index (κ2) is 5.93. The molecule has 0 heterocycles. The first-order valence-corrected chi connectivity index (χ1v) is 7.30. The first-order valence-electron chi connectivity index (χ1n) is 5.84. The standard InChI is InChI=1S/C15H15ClIN/c1-10-9-14(17)7-8-15(10)18-11(2)12-3-5-13(16)6-4-12/h3-9,11,18H,1-2H3. The summed E-state index contributed by atoms with van der Waals surface area (Å²) in [5, 5.41) is 4.30. The van der Waals surface area contributed by atoms with Crippen molar-refractivity contribution in [2.75, 3.05) is 5.32 Å². The minimum atomic E-state index is 0.265. The Morgan fingerprint density at radius 2 is 1.78 bits per heavy atom. The van der Waals surface area contributed by atoms with Gasteiger partial charge in [0.15, 0.2) is 0 Å². The molecule has 0 aliphatic heterocycles. The highest BCUT2D eigenvalue weighted by atomic mass is 127. The molecule has 2 rings (SSSR count). The van der Waals surface area contributed by atoms with Crippen molar-refractivity contribution < 1.29 is 0 Å². The molecule has 1 nitrogen and oxygen atoms in total. The average molecular weight is 372 g/mol. The van der Waals surface area contributed by atoms with Gasteiger partial charge in [-0.1, -0.05) is 23.7 Å². The number of aryl methyl sites for hydroxylation is 1. The molecule has 0 aliphatic rings. The summed E-state index contributed by atoms with van der Waals surface area (Å²) in [4.78, 5) is 0. The van der Waals surface area contributed by atoms with Gasteiger partial charge < -0.3 is 5.32 Å². The van der Waals surface area contributed by atoms with Crippen LogP contribution in [0, 0.1) is 10.5 Å². The average Bonchev–Trinajstić information content (AvgIpc) is 2.33. The second-order valence-electron chi connectivity index (χ2n) is 4.38. The summed E-state index contributed by atoms with van der Waals surface area (Å²) >= 11 is 8.23. The number of nitrogens with one attached hydrogen (secondary N) is 1. The second-order valence-corrected chi connectivity index (χ2v) is 6.06. The van der Waals surface area contributed by atoms with E-state index in [0.717, 1.165) is 5.02 Å². The van der Waals surface area contributed by atoms with Crippen molar-refractivity contribution in [1.29, 1.82) is 0 Å². The third kappa shape index (κ3) is 3.39. The van der Waals surface area contributed by atoms with Gasteiger partial charge in [-0.05, 0) is 77.9 Å². The smallest absolute Gasteiger partial charge is 0.0485 e. The molecule has 0 fully saturated rings. The highest BCUT2D eigenvalue weighted by Gasteiger charge is 2.06. The predicted molar refractivity (Wildman–Crippen MR) is 87.4 cm³/mol. The lowest BCUT2D eigenvalue weighted by atomic mass is 10.1. The van der Waals surface area contributed by atoms with Crippen molar-refractivity contribution in [2.45, 2.75) is 19.9 Å². The largest absolute Gasteiger partial charge is 0.378 e. The van der Waals surface area contributed by atoms with Gasteiger partial charge in [0, 0.05) is 20.3 Å². The van der Waals surface area contributed by atoms with Crippen molar-refractivity contribution >= 4 is 39.9 Å². The van der Waals surface area contributed by atoms with Gasteiger partial charge in [-0.15, -0.1) is 0 Å². The molecule has 0 radical (unpaired) electrons. The summed E-state index contributed by atoms with van der Waals surface area (Å²) in [5.74, 6) is 0. The summed E-state index contributed by atoms with van der Waals surface area (Å²) in [6, 6.07) is 14.7. The lowest BCUT2D eigenvalue weighted by molar-refractivity contribution is 0.882. The van der Waals surface area contributed by atoms with Crippen LogP contribution in [-0.2, 0) is 0 Å². The Morgan fingerprint density at radius 3 is 2.39 bits per heavy atom. The maximum atomic E-state index is 5.90. The Bertz CT molecular complexity index is 537. The Labute approximate surface area is 127 Å². The Kier molecular flexibility index (Phi) is 4.51. The third-order valence-electron chi connectivity index (χ3n) is 2.93. The van der Waals surface area contributed by atoms with Crippen LogP contribution in [0.15, 0.2) is 42.5 Å². The van der Waals surface area contributed by atoms with Crippen LogP contribution >= 0.6 is 34.2 Å². The maximum absolute atomic E-state index is 5.90. The quantitative estimate of drug-likeness (QED) is 0.710. The molecule has 0 amide bonds. The Balaban J connectivity index is 2.15. The minimum absolute atomic E-state index is 0.265. The topological polar surface area (TPSA) is 12.0 Å². The number of benzene rings is 2. The Hall–Kier alpha value is -0.740. The molecule has 2 aromatic carbocycles. The molecule has 1 N–H and O–H groups in total. The molecule has 2 aromatic rings. The van der Waals surface area contributed by atoms with Crippen molar-refractivity contribution in [3.05, 3.63) is 62.2 Å². The summed E-state index contributed by atoms with van der Waals surface area (Å²) in [6.07, 6.45) is 0. The van der Waals surface area contributed by atoms with E-state index in [2.05, 4.69) is 72.1 Å². The lowest BCUT2D eigenvalue weighted by Crippen LogP contribution is -2.07. The van der Waals surface area contributed by atoms with Crippen LogP contribution in [0.3, 0.4) is 0 Å². The number of halogens is 2. The van der Waals surface area contributed by atoms with Crippen molar-refractivity contribution in [3.8, 4) is 0 Å². The zero-order chi connectivity index (χ0) is 13.1. The van der Waals surface area contributed by atoms with Gasteiger partial charge in [0.2, 0.25) is 0 Å². The van der Waals surface area contributed by atoms with Crippen LogP contribution in [0.2, 0.25) is 5.02 Å². The molecular formula is C15H15ClIN. The van der Waals surface area contributed by atoms with Crippen molar-refractivity contribution in [1.82, 2.24) is 0 Å². The van der Waals surface area contributed by atoms with Gasteiger partial charge in [-0.25, -0.2) is 0 Å². The highest BCUT2D eigenvalue weighted by Crippen LogP contribution is 2.24. The SMILES string of the molecule is Cc1cc(I)ccc1NC(C)c1ccc(Cl)cc1. The molecule has 0 saturated heterocycles. The van der Waals surface area contributed by atoms with E-state index in [4.69, 9.17) is 11.6 Å². The van der Waals surface area contributed by atoms with E-state index in [1.165, 1.54) is 20.4 Å². The van der Waals surface area contributed by atoms with Crippen LogP contribution in [0.25, 0.3) is 0 Å². The molecule has 1 unspecified atom stereocenters. The van der Waals surface area contributed by atoms with Crippen LogP contribution in [0.5, 0.6) is 0 Å². The minimum Gasteiger partial charge on any atom is -0.378 e. The fraction of sp³-hybridized carbons (Fsp3) is 0.200. The fourth-order valence-corrected chi connectivity index (χ4v) is 2.63. The first kappa shape index (κ1) is 13.7. The van der Waals surface area contributed by atoms with E-state index in [-0.39, 0.29) is 6.04 Å². The van der Waals surface area contributed by atoms with Crippen LogP contribution in [0.4, 0.5) is 5.69 Å². The van der Waals surface area contributed by atoms with Crippen molar-refractivity contribution in [2.24, 2.45) is 0 Å². The van der Waals surface area contributed by atoms with Crippen molar-refractivity contribution in [3.63, 3.8) is 0 Å². The maximum Gasteiger partial charge on any atom is 0.0485 e. The predicted octanol–water partition coefficient (Wildman–Crippen LogP) is 5.43. The summed E-state index contributed by atoms with van der Waals surface area (Å²) in [7, 11) is 0. The van der Waals surface area contributed by atoms with E-state index in [0.29, 0.717) is 0 Å². The molecule has 0 aliphatic carbocycles. The van der Waals surface area contributed by atoms with Crippen LogP contribution in [0.1, 0.15) is 24.1 Å². The zero-order valence-corrected chi connectivity index (χ0v) is 13.3. The molecule has 18 heavy (non-hydrogen) atoms. The van der Waals surface area contributed by atoms with E-state index in [1.807, 2.05) is 12.1 Å². The summed E-state index contributed by atoms with van der Waals surface area (Å²) in [6.45, 7) is 4.28. The molecule has 0 spiro atoms. The molecule has 0 saturated carbocycles. The van der Waals surface area contributed by atoms with Crippen LogP contribution < -0.4 is 5.32 Å². The van der Waals surface area contributed by atoms with Gasteiger partial charge in [0.05, 0.1) is 0 Å². The lowest BCUT2D eigenvalue weighted by Gasteiger charge is -2.17. The number of rotatable bonds is 3. The highest BCUT2D eigenvalue weighted by molar-refractivity contribution is 14.1. The molecule has 1 atom stereocenters. The zero-order valence-electron chi connectivity index (χ0n) is 10.4. The van der Waals surface area contributed by atoms with Crippen LogP contribution in [-0.4, -0.2) is 0 Å². The number of hydrogen-bond donors (Lipinski definition) is 1. The van der Waals surface area contributed by atoms with Gasteiger partial charge in [0.25, 0.3) is 0 Å². The van der Waals surface area contributed by atoms with E-state index < -0.39 is 0 Å². The van der Waals surface area contributed by atoms with Gasteiger partial charge in [-0.2, -0.15) is 0 Å². The van der Waals surface area contributed by atoms with Gasteiger partial charge in [-0.3, -0.25) is 0 Å². The monoisotopic (exact) mass is 371 g/mol. The Morgan fingerprint density at radius 1 is 1.11 bits per heavy atom. The molecule has 0 aromatic heterocycles. The van der Waals surface area contributed by atoms with Gasteiger partial charge >= 0.3 is 0 Å². The third-order valence-corrected chi connectivity index (χ3v) is 3.85. The molecule has 94 valence electrons. The van der Waals surface area contributed by atoms with E-state index in [1.54, 1.807) is 0 Å². The first-order chi connectivity index (χ1) is 8.56.